The van der Waals surface area contributed by atoms with Crippen molar-refractivity contribution >= 4 is 10.8 Å². The minimum absolute atomic E-state index is 1.06. The van der Waals surface area contributed by atoms with Gasteiger partial charge in [0.2, 0.25) is 0 Å². The van der Waals surface area contributed by atoms with Gasteiger partial charge < -0.3 is 0 Å². The first kappa shape index (κ1) is 7.77. The molecule has 1 N–H and O–H groups in total. The van der Waals surface area contributed by atoms with Gasteiger partial charge in [0.25, 0.3) is 0 Å². The molecule has 0 aliphatic rings. The molecule has 0 aromatic rings. The van der Waals surface area contributed by atoms with Crippen molar-refractivity contribution in [2.45, 2.75) is 6.92 Å². The average Bonchev–Trinajstić information content (AvgIpc) is 1.83. The van der Waals surface area contributed by atoms with E-state index in [1.54, 1.807) is 12.6 Å². The summed E-state index contributed by atoms with van der Waals surface area (Å²) in [6.45, 7) is 1.91. The van der Waals surface area contributed by atoms with Gasteiger partial charge in [0.15, 0.2) is 0 Å². The number of rotatable bonds is 3. The predicted molar refractivity (Wildman–Crippen MR) is 28.7 cm³/mol. The summed E-state index contributed by atoms with van der Waals surface area (Å²) in [7, 11) is 0. The molecule has 0 aromatic heterocycles. The van der Waals surface area contributed by atoms with Crippen LogP contribution in [0.1, 0.15) is 6.92 Å². The van der Waals surface area contributed by atoms with E-state index in [0.29, 0.717) is 0 Å². The molecule has 2 nitrogen and oxygen atoms in total. The van der Waals surface area contributed by atoms with E-state index in [-0.39, 0.29) is 0 Å². The predicted octanol–water partition coefficient (Wildman–Crippen LogP) is -0.104. The van der Waals surface area contributed by atoms with Gasteiger partial charge in [0, 0.05) is 0 Å². The third-order valence-corrected chi connectivity index (χ3v) is 1.88. The summed E-state index contributed by atoms with van der Waals surface area (Å²) in [4.78, 5) is 9.54. The fourth-order valence-electron chi connectivity index (χ4n) is 0.177. The quantitative estimate of drug-likeness (QED) is 0.567. The second-order valence-electron chi connectivity index (χ2n) is 1.25. The third-order valence-electron chi connectivity index (χ3n) is 0.545. The number of amides is 1. The number of hydrogen-bond acceptors (Lipinski definition) is 1. The molecule has 0 heterocycles. The van der Waals surface area contributed by atoms with Gasteiger partial charge in [-0.05, 0) is 0 Å². The van der Waals surface area contributed by atoms with Crippen molar-refractivity contribution in [2.75, 3.05) is 0 Å². The number of carbonyl (C=O) groups excluding carboxylic acids is 1. The third kappa shape index (κ3) is 3.94. The van der Waals surface area contributed by atoms with Crippen LogP contribution >= 0.6 is 0 Å². The average molecular weight is 280 g/mol. The Balaban J connectivity index is 3.56. The molecule has 0 fully saturated rings. The fraction of sp³-hybridized carbons (Fsp3) is 0.200. The van der Waals surface area contributed by atoms with E-state index in [0.717, 1.165) is 5.57 Å². The maximum atomic E-state index is 9.54. The molecular weight excluding hydrogens is 274 g/mol. The molecule has 44 valence electrons. The second-order valence-corrected chi connectivity index (χ2v) is 2.10. The van der Waals surface area contributed by atoms with E-state index < -0.39 is 0 Å². The summed E-state index contributed by atoms with van der Waals surface area (Å²) < 4.78 is 1.98. The number of nitrogens with one attached hydrogen (secondary N) is 1. The summed E-state index contributed by atoms with van der Waals surface area (Å²) in [5.74, 6) is 0. The van der Waals surface area contributed by atoms with Gasteiger partial charge >= 0.3 is 59.0 Å². The molecule has 0 unspecified atom stereocenters. The van der Waals surface area contributed by atoms with Gasteiger partial charge in [0.05, 0.1) is 0 Å². The molecule has 8 heavy (non-hydrogen) atoms. The number of hydrogen-bond donors (Lipinski definition) is 1. The van der Waals surface area contributed by atoms with Gasteiger partial charge in [-0.2, -0.15) is 0 Å². The van der Waals surface area contributed by atoms with Crippen LogP contribution in [0.5, 0.6) is 0 Å². The first-order valence-electron chi connectivity index (χ1n) is 2.06. The minimum atomic E-state index is 1.06. The van der Waals surface area contributed by atoms with Crippen molar-refractivity contribution < 1.29 is 24.1 Å². The van der Waals surface area contributed by atoms with Crippen LogP contribution in [0.4, 0.5) is 0 Å². The van der Waals surface area contributed by atoms with Gasteiger partial charge in [-0.25, -0.2) is 0 Å². The van der Waals surface area contributed by atoms with E-state index in [4.69, 9.17) is 0 Å². The van der Waals surface area contributed by atoms with E-state index in [2.05, 4.69) is 5.32 Å². The van der Waals surface area contributed by atoms with E-state index in [9.17, 15) is 4.79 Å². The van der Waals surface area contributed by atoms with Crippen LogP contribution in [-0.2, 0) is 24.1 Å². The first-order chi connectivity index (χ1) is 3.81. The fourth-order valence-corrected chi connectivity index (χ4v) is 0.422. The Bertz CT molecular complexity index is 120. The molecule has 3 heteroatoms. The summed E-state index contributed by atoms with van der Waals surface area (Å²) in [5.41, 5.74) is 1.06. The molecule has 0 saturated heterocycles. The summed E-state index contributed by atoms with van der Waals surface area (Å²) in [6, 6.07) is 0. The van der Waals surface area contributed by atoms with Crippen molar-refractivity contribution in [1.82, 2.24) is 5.32 Å². The first-order valence-corrected chi connectivity index (χ1v) is 3.75. The van der Waals surface area contributed by atoms with Gasteiger partial charge in [-0.1, -0.05) is 0 Å². The van der Waals surface area contributed by atoms with Crippen LogP contribution in [-0.4, -0.2) is 10.8 Å². The van der Waals surface area contributed by atoms with Crippen LogP contribution in [0.2, 0.25) is 0 Å². The van der Waals surface area contributed by atoms with Crippen molar-refractivity contribution in [1.29, 1.82) is 0 Å². The van der Waals surface area contributed by atoms with Crippen LogP contribution in [0, 0.1) is 0 Å². The zero-order chi connectivity index (χ0) is 6.41. The summed E-state index contributed by atoms with van der Waals surface area (Å²) in [5, 5.41) is 2.31. The molecule has 0 aliphatic heterocycles. The van der Waals surface area contributed by atoms with Crippen molar-refractivity contribution in [3.05, 3.63) is 11.8 Å². The molecule has 0 radical (unpaired) electrons. The Kier molecular flexibility index (Phi) is 4.77. The molecule has 0 saturated carbocycles. The Morgan fingerprint density at radius 2 is 2.50 bits per heavy atom. The molecule has 0 rings (SSSR count). The second kappa shape index (κ2) is 4.92. The molecule has 1 amide bonds. The molecule has 0 aliphatic carbocycles. The Morgan fingerprint density at radius 1 is 1.88 bits per heavy atom. The Labute approximate surface area is 59.4 Å². The zero-order valence-corrected chi connectivity index (χ0v) is 7.40. The molecule has 0 bridgehead atoms. The number of allylic oxidation sites excluding steroid dienone is 1. The summed E-state index contributed by atoms with van der Waals surface area (Å²) >= 11 is 1.38. The Hall–Kier alpha value is -0.232. The van der Waals surface area contributed by atoms with Crippen LogP contribution < -0.4 is 5.32 Å². The van der Waals surface area contributed by atoms with E-state index in [1.807, 2.05) is 11.3 Å². The Morgan fingerprint density at radius 3 is 2.88 bits per heavy atom. The molecular formula is C5H6NOW-. The molecule has 0 spiro atoms. The zero-order valence-electron chi connectivity index (χ0n) is 4.47. The van der Waals surface area contributed by atoms with Crippen LogP contribution in [0.25, 0.3) is 0 Å². The molecule has 0 aromatic carbocycles. The van der Waals surface area contributed by atoms with Crippen molar-refractivity contribution in [2.24, 2.45) is 0 Å². The maximum absolute atomic E-state index is 9.54. The topological polar surface area (TPSA) is 29.1 Å². The van der Waals surface area contributed by atoms with Crippen molar-refractivity contribution in [3.63, 3.8) is 0 Å². The summed E-state index contributed by atoms with van der Waals surface area (Å²) in [6.07, 6.45) is 3.16. The van der Waals surface area contributed by atoms with Crippen molar-refractivity contribution in [3.8, 4) is 0 Å². The van der Waals surface area contributed by atoms with E-state index >= 15 is 0 Å². The normalized spacial score (nSPS) is 10.4. The van der Waals surface area contributed by atoms with Gasteiger partial charge in [-0.3, -0.25) is 0 Å². The van der Waals surface area contributed by atoms with Gasteiger partial charge in [-0.15, -0.1) is 0 Å². The SMILES string of the molecule is C/C([CH]=[W])=C/N[C-]=O. The molecule has 0 atom stereocenters. The van der Waals surface area contributed by atoms with Crippen LogP contribution in [0.15, 0.2) is 11.8 Å². The van der Waals surface area contributed by atoms with Gasteiger partial charge in [0.1, 0.15) is 0 Å². The standard InChI is InChI=1S/C5H6NO.W/c1-5(2)3-6-4-7;/h1,3H,2H3,(H,6,7);/q-1;/b5-3+;. The van der Waals surface area contributed by atoms with Crippen LogP contribution in [0.3, 0.4) is 0 Å². The van der Waals surface area contributed by atoms with E-state index in [1.165, 1.54) is 19.4 Å². The monoisotopic (exact) mass is 280 g/mol.